The molecular weight excluding hydrogens is 276 g/mol. The standard InChI is InChI=1S/C13H18N4O2S/c1-6-8(4)20-13-14-10-9(17(13)7(2)3)11(18)15-12(19)16(10)5/h6-8H,1H2,2-5H3,(H,15,18,19)/t8-/m0/s1. The Morgan fingerprint density at radius 1 is 1.35 bits per heavy atom. The first kappa shape index (κ1) is 14.6. The Kier molecular flexibility index (Phi) is 3.89. The Morgan fingerprint density at radius 2 is 2.00 bits per heavy atom. The van der Waals surface area contributed by atoms with Crippen LogP contribution >= 0.6 is 11.8 Å². The van der Waals surface area contributed by atoms with Crippen molar-refractivity contribution in [2.24, 2.45) is 7.05 Å². The van der Waals surface area contributed by atoms with Crippen molar-refractivity contribution in [3.63, 3.8) is 0 Å². The van der Waals surface area contributed by atoms with Gasteiger partial charge in [0, 0.05) is 18.3 Å². The van der Waals surface area contributed by atoms with Crippen molar-refractivity contribution in [2.75, 3.05) is 0 Å². The molecule has 1 atom stereocenters. The van der Waals surface area contributed by atoms with Crippen LogP contribution in [0, 0.1) is 0 Å². The molecule has 0 fully saturated rings. The first-order valence-electron chi connectivity index (χ1n) is 6.37. The molecule has 2 rings (SSSR count). The number of hydrogen-bond donors (Lipinski definition) is 1. The highest BCUT2D eigenvalue weighted by Gasteiger charge is 2.20. The minimum Gasteiger partial charge on any atom is -0.311 e. The quantitative estimate of drug-likeness (QED) is 0.687. The van der Waals surface area contributed by atoms with Crippen LogP contribution in [0.15, 0.2) is 27.4 Å². The Bertz CT molecular complexity index is 769. The highest BCUT2D eigenvalue weighted by Crippen LogP contribution is 2.28. The lowest BCUT2D eigenvalue weighted by atomic mass is 10.4. The van der Waals surface area contributed by atoms with E-state index in [0.29, 0.717) is 16.3 Å². The van der Waals surface area contributed by atoms with Crippen molar-refractivity contribution in [3.8, 4) is 0 Å². The predicted molar refractivity (Wildman–Crippen MR) is 81.5 cm³/mol. The summed E-state index contributed by atoms with van der Waals surface area (Å²) >= 11 is 1.51. The summed E-state index contributed by atoms with van der Waals surface area (Å²) < 4.78 is 3.22. The molecule has 0 radical (unpaired) electrons. The van der Waals surface area contributed by atoms with E-state index < -0.39 is 11.2 Å². The molecule has 2 aromatic rings. The summed E-state index contributed by atoms with van der Waals surface area (Å²) in [5, 5.41) is 0.884. The van der Waals surface area contributed by atoms with Gasteiger partial charge in [0.25, 0.3) is 5.56 Å². The van der Waals surface area contributed by atoms with E-state index in [1.54, 1.807) is 7.05 Å². The molecule has 6 nitrogen and oxygen atoms in total. The first-order valence-corrected chi connectivity index (χ1v) is 7.25. The molecule has 1 N–H and O–H groups in total. The van der Waals surface area contributed by atoms with E-state index in [4.69, 9.17) is 0 Å². The Balaban J connectivity index is 2.83. The largest absolute Gasteiger partial charge is 0.329 e. The molecule has 0 bridgehead atoms. The highest BCUT2D eigenvalue weighted by molar-refractivity contribution is 7.99. The van der Waals surface area contributed by atoms with Crippen molar-refractivity contribution in [2.45, 2.75) is 37.2 Å². The lowest BCUT2D eigenvalue weighted by Gasteiger charge is -2.13. The molecule has 2 heterocycles. The third kappa shape index (κ3) is 2.33. The van der Waals surface area contributed by atoms with Crippen molar-refractivity contribution in [1.82, 2.24) is 19.1 Å². The number of aryl methyl sites for hydroxylation is 1. The van der Waals surface area contributed by atoms with E-state index in [0.717, 1.165) is 0 Å². The second kappa shape index (κ2) is 5.32. The van der Waals surface area contributed by atoms with Crippen LogP contribution in [0.1, 0.15) is 26.8 Å². The van der Waals surface area contributed by atoms with Crippen LogP contribution < -0.4 is 11.2 Å². The van der Waals surface area contributed by atoms with Gasteiger partial charge in [-0.05, 0) is 20.8 Å². The average Bonchev–Trinajstić information content (AvgIpc) is 2.75. The monoisotopic (exact) mass is 294 g/mol. The van der Waals surface area contributed by atoms with Crippen molar-refractivity contribution < 1.29 is 0 Å². The zero-order valence-electron chi connectivity index (χ0n) is 12.0. The molecule has 0 unspecified atom stereocenters. The number of hydrogen-bond acceptors (Lipinski definition) is 4. The predicted octanol–water partition coefficient (Wildman–Crippen LogP) is 1.67. The minimum atomic E-state index is -0.454. The summed E-state index contributed by atoms with van der Waals surface area (Å²) in [5.41, 5.74) is -0.0151. The van der Waals surface area contributed by atoms with Gasteiger partial charge in [-0.2, -0.15) is 0 Å². The molecule has 108 valence electrons. The zero-order chi connectivity index (χ0) is 15.0. The zero-order valence-corrected chi connectivity index (χ0v) is 12.8. The van der Waals surface area contributed by atoms with Gasteiger partial charge < -0.3 is 4.57 Å². The summed E-state index contributed by atoms with van der Waals surface area (Å²) in [6, 6.07) is 0.0677. The molecule has 0 aliphatic heterocycles. The summed E-state index contributed by atoms with van der Waals surface area (Å²) in [7, 11) is 1.60. The Hall–Kier alpha value is -1.76. The molecule has 0 aromatic carbocycles. The molecule has 0 amide bonds. The molecule has 0 aliphatic carbocycles. The lowest BCUT2D eigenvalue weighted by molar-refractivity contribution is 0.564. The summed E-state index contributed by atoms with van der Waals surface area (Å²) in [4.78, 5) is 30.5. The van der Waals surface area contributed by atoms with Crippen LogP contribution in [-0.2, 0) is 7.05 Å². The summed E-state index contributed by atoms with van der Waals surface area (Å²) in [5.74, 6) is 0. The Morgan fingerprint density at radius 3 is 2.55 bits per heavy atom. The molecular formula is C13H18N4O2S. The second-order valence-electron chi connectivity index (χ2n) is 4.91. The lowest BCUT2D eigenvalue weighted by Crippen LogP contribution is -2.29. The summed E-state index contributed by atoms with van der Waals surface area (Å²) in [6.45, 7) is 9.72. The molecule has 0 saturated carbocycles. The number of nitrogens with zero attached hydrogens (tertiary/aromatic N) is 3. The number of aromatic nitrogens is 4. The van der Waals surface area contributed by atoms with Gasteiger partial charge in [-0.25, -0.2) is 9.78 Å². The number of rotatable bonds is 4. The molecule has 2 aromatic heterocycles. The maximum Gasteiger partial charge on any atom is 0.329 e. The van der Waals surface area contributed by atoms with Crippen LogP contribution in [0.3, 0.4) is 0 Å². The fourth-order valence-corrected chi connectivity index (χ4v) is 2.94. The van der Waals surface area contributed by atoms with Crippen LogP contribution in [0.5, 0.6) is 0 Å². The number of imidazole rings is 1. The number of aromatic amines is 1. The number of nitrogens with one attached hydrogen (secondary N) is 1. The molecule has 20 heavy (non-hydrogen) atoms. The highest BCUT2D eigenvalue weighted by atomic mass is 32.2. The molecule has 7 heteroatoms. The topological polar surface area (TPSA) is 72.7 Å². The molecule has 0 spiro atoms. The molecule has 0 aliphatic rings. The smallest absolute Gasteiger partial charge is 0.311 e. The maximum absolute atomic E-state index is 12.1. The van der Waals surface area contributed by atoms with Crippen LogP contribution in [0.2, 0.25) is 0 Å². The van der Waals surface area contributed by atoms with Gasteiger partial charge in [-0.15, -0.1) is 6.58 Å². The van der Waals surface area contributed by atoms with E-state index in [2.05, 4.69) is 16.5 Å². The SMILES string of the molecule is C=C[C@H](C)Sc1nc2c(c(=O)[nH]c(=O)n2C)n1C(C)C. The van der Waals surface area contributed by atoms with Crippen LogP contribution in [0.25, 0.3) is 11.2 Å². The van der Waals surface area contributed by atoms with Gasteiger partial charge in [0.1, 0.15) is 0 Å². The Labute approximate surface area is 120 Å². The van der Waals surface area contributed by atoms with E-state index >= 15 is 0 Å². The van der Waals surface area contributed by atoms with Gasteiger partial charge in [-0.3, -0.25) is 14.3 Å². The van der Waals surface area contributed by atoms with E-state index in [-0.39, 0.29) is 11.3 Å². The molecule has 0 saturated heterocycles. The van der Waals surface area contributed by atoms with Gasteiger partial charge in [0.2, 0.25) is 0 Å². The van der Waals surface area contributed by atoms with Gasteiger partial charge in [0.15, 0.2) is 16.3 Å². The van der Waals surface area contributed by atoms with Gasteiger partial charge in [0.05, 0.1) is 0 Å². The fraction of sp³-hybridized carbons (Fsp3) is 0.462. The van der Waals surface area contributed by atoms with E-state index in [1.807, 2.05) is 31.4 Å². The third-order valence-electron chi connectivity index (χ3n) is 3.06. The number of H-pyrrole nitrogens is 1. The van der Waals surface area contributed by atoms with Crippen molar-refractivity contribution in [1.29, 1.82) is 0 Å². The van der Waals surface area contributed by atoms with E-state index in [9.17, 15) is 9.59 Å². The fourth-order valence-electron chi connectivity index (χ4n) is 1.96. The van der Waals surface area contributed by atoms with E-state index in [1.165, 1.54) is 16.3 Å². The van der Waals surface area contributed by atoms with Gasteiger partial charge >= 0.3 is 5.69 Å². The first-order chi connectivity index (χ1) is 9.36. The second-order valence-corrected chi connectivity index (χ2v) is 6.25. The van der Waals surface area contributed by atoms with Crippen molar-refractivity contribution in [3.05, 3.63) is 33.5 Å². The maximum atomic E-state index is 12.1. The number of fused-ring (bicyclic) bond motifs is 1. The van der Waals surface area contributed by atoms with Crippen molar-refractivity contribution >= 4 is 22.9 Å². The summed E-state index contributed by atoms with van der Waals surface area (Å²) in [6.07, 6.45) is 1.82. The van der Waals surface area contributed by atoms with Crippen LogP contribution in [-0.4, -0.2) is 24.4 Å². The average molecular weight is 294 g/mol. The minimum absolute atomic E-state index is 0.0677. The van der Waals surface area contributed by atoms with Crippen LogP contribution in [0.4, 0.5) is 0 Å². The normalized spacial score (nSPS) is 13.1. The van der Waals surface area contributed by atoms with Gasteiger partial charge in [-0.1, -0.05) is 17.8 Å². The number of thioether (sulfide) groups is 1. The third-order valence-corrected chi connectivity index (χ3v) is 4.12.